The van der Waals surface area contributed by atoms with Crippen LogP contribution in [0.5, 0.6) is 0 Å². The maximum Gasteiger partial charge on any atom is 0.314 e. The molecule has 0 aromatic carbocycles. The van der Waals surface area contributed by atoms with Crippen molar-refractivity contribution in [2.75, 3.05) is 6.61 Å². The molecule has 0 spiro atoms. The summed E-state index contributed by atoms with van der Waals surface area (Å²) < 4.78 is 4.87. The maximum absolute atomic E-state index is 11.6. The van der Waals surface area contributed by atoms with Gasteiger partial charge in [0, 0.05) is 5.71 Å². The van der Waals surface area contributed by atoms with Crippen molar-refractivity contribution < 1.29 is 14.3 Å². The number of nitrogens with one attached hydrogen (secondary N) is 1. The lowest BCUT2D eigenvalue weighted by Crippen LogP contribution is -2.25. The minimum absolute atomic E-state index is 0.277. The van der Waals surface area contributed by atoms with Crippen LogP contribution >= 0.6 is 11.3 Å². The predicted molar refractivity (Wildman–Crippen MR) is 70.7 cm³/mol. The van der Waals surface area contributed by atoms with Crippen molar-refractivity contribution in [3.8, 4) is 0 Å². The number of ether oxygens (including phenoxy) is 1. The summed E-state index contributed by atoms with van der Waals surface area (Å²) in [7, 11) is 0. The third-order valence-electron chi connectivity index (χ3n) is 2.35. The van der Waals surface area contributed by atoms with Crippen LogP contribution in [0, 0.1) is 5.92 Å². The van der Waals surface area contributed by atoms with Crippen molar-refractivity contribution in [2.24, 2.45) is 11.0 Å². The second kappa shape index (κ2) is 6.90. The predicted octanol–water partition coefficient (Wildman–Crippen LogP) is 2.05. The molecule has 1 heterocycles. The van der Waals surface area contributed by atoms with Gasteiger partial charge < -0.3 is 4.74 Å². The van der Waals surface area contributed by atoms with E-state index in [9.17, 15) is 9.59 Å². The minimum atomic E-state index is -0.464. The van der Waals surface area contributed by atoms with E-state index < -0.39 is 5.92 Å². The largest absolute Gasteiger partial charge is 0.465 e. The standard InChI is InChI=1S/C12H16N2O3S/c1-4-17-12(16)8(2)9(3)13-14-11(15)10-6-5-7-18-10/h5-8H,4H2,1-3H3,(H,14,15)/t8-/m0/s1. The first kappa shape index (κ1) is 14.4. The van der Waals surface area contributed by atoms with Crippen molar-refractivity contribution >= 4 is 28.9 Å². The Labute approximate surface area is 110 Å². The van der Waals surface area contributed by atoms with E-state index in [0.717, 1.165) is 0 Å². The van der Waals surface area contributed by atoms with Crippen LogP contribution in [0.25, 0.3) is 0 Å². The lowest BCUT2D eigenvalue weighted by atomic mass is 10.1. The molecule has 1 aromatic heterocycles. The Morgan fingerprint density at radius 2 is 2.28 bits per heavy atom. The van der Waals surface area contributed by atoms with Gasteiger partial charge >= 0.3 is 5.97 Å². The highest BCUT2D eigenvalue weighted by molar-refractivity contribution is 7.12. The van der Waals surface area contributed by atoms with Gasteiger partial charge in [0.05, 0.1) is 17.4 Å². The Morgan fingerprint density at radius 1 is 1.56 bits per heavy atom. The van der Waals surface area contributed by atoms with Gasteiger partial charge in [-0.25, -0.2) is 5.43 Å². The average molecular weight is 268 g/mol. The summed E-state index contributed by atoms with van der Waals surface area (Å²) in [5.41, 5.74) is 2.93. The Hall–Kier alpha value is -1.69. The third-order valence-corrected chi connectivity index (χ3v) is 3.21. The van der Waals surface area contributed by atoms with Crippen LogP contribution in [0.4, 0.5) is 0 Å². The van der Waals surface area contributed by atoms with Crippen LogP contribution in [-0.4, -0.2) is 24.2 Å². The number of hydrogen-bond acceptors (Lipinski definition) is 5. The van der Waals surface area contributed by atoms with E-state index in [1.54, 1.807) is 32.9 Å². The van der Waals surface area contributed by atoms with E-state index in [1.165, 1.54) is 11.3 Å². The van der Waals surface area contributed by atoms with E-state index >= 15 is 0 Å². The number of hydrazone groups is 1. The highest BCUT2D eigenvalue weighted by Gasteiger charge is 2.17. The summed E-state index contributed by atoms with van der Waals surface area (Å²) in [6.45, 7) is 5.44. The molecule has 0 aliphatic rings. The fourth-order valence-corrected chi connectivity index (χ4v) is 1.75. The molecule has 0 bridgehead atoms. The summed E-state index contributed by atoms with van der Waals surface area (Å²) in [5.74, 6) is -1.09. The van der Waals surface area contributed by atoms with Crippen LogP contribution in [0.1, 0.15) is 30.4 Å². The van der Waals surface area contributed by atoms with Crippen LogP contribution < -0.4 is 5.43 Å². The zero-order chi connectivity index (χ0) is 13.5. The van der Waals surface area contributed by atoms with Crippen LogP contribution in [0.15, 0.2) is 22.6 Å². The highest BCUT2D eigenvalue weighted by atomic mass is 32.1. The Balaban J connectivity index is 2.56. The number of esters is 1. The summed E-state index contributed by atoms with van der Waals surface area (Å²) in [6.07, 6.45) is 0. The summed E-state index contributed by atoms with van der Waals surface area (Å²) in [6, 6.07) is 3.50. The zero-order valence-corrected chi connectivity index (χ0v) is 11.4. The molecular weight excluding hydrogens is 252 g/mol. The molecule has 5 nitrogen and oxygen atoms in total. The van der Waals surface area contributed by atoms with Gasteiger partial charge in [-0.05, 0) is 32.2 Å². The van der Waals surface area contributed by atoms with Gasteiger partial charge in [-0.15, -0.1) is 11.3 Å². The fraction of sp³-hybridized carbons (Fsp3) is 0.417. The molecular formula is C12H16N2O3S. The van der Waals surface area contributed by atoms with Crippen molar-refractivity contribution in [1.82, 2.24) is 5.43 Å². The molecule has 1 atom stereocenters. The molecule has 1 aromatic rings. The number of rotatable bonds is 5. The summed E-state index contributed by atoms with van der Waals surface area (Å²) in [5, 5.41) is 5.72. The number of amides is 1. The second-order valence-electron chi connectivity index (χ2n) is 3.65. The first-order chi connectivity index (χ1) is 8.56. The SMILES string of the molecule is CCOC(=O)[C@@H](C)C(C)=NNC(=O)c1cccs1. The number of nitrogens with zero attached hydrogens (tertiary/aromatic N) is 1. The number of thiophene rings is 1. The van der Waals surface area contributed by atoms with Gasteiger partial charge in [-0.3, -0.25) is 9.59 Å². The van der Waals surface area contributed by atoms with E-state index in [4.69, 9.17) is 4.74 Å². The normalized spacial score (nSPS) is 12.9. The molecule has 0 unspecified atom stereocenters. The highest BCUT2D eigenvalue weighted by Crippen LogP contribution is 2.08. The molecule has 1 amide bonds. The van der Waals surface area contributed by atoms with Crippen LogP contribution in [-0.2, 0) is 9.53 Å². The number of carbonyl (C=O) groups is 2. The lowest BCUT2D eigenvalue weighted by molar-refractivity contribution is -0.145. The number of carbonyl (C=O) groups excluding carboxylic acids is 2. The molecule has 0 aliphatic carbocycles. The first-order valence-electron chi connectivity index (χ1n) is 5.61. The van der Waals surface area contributed by atoms with Gasteiger partial charge in [0.1, 0.15) is 0 Å². The van der Waals surface area contributed by atoms with Gasteiger partial charge in [-0.2, -0.15) is 5.10 Å². The molecule has 0 radical (unpaired) electrons. The van der Waals surface area contributed by atoms with Crippen LogP contribution in [0.2, 0.25) is 0 Å². The van der Waals surface area contributed by atoms with Gasteiger partial charge in [-0.1, -0.05) is 6.07 Å². The maximum atomic E-state index is 11.6. The monoisotopic (exact) mass is 268 g/mol. The Bertz CT molecular complexity index is 440. The van der Waals surface area contributed by atoms with E-state index in [0.29, 0.717) is 17.2 Å². The molecule has 1 N–H and O–H groups in total. The molecule has 0 saturated heterocycles. The minimum Gasteiger partial charge on any atom is -0.465 e. The van der Waals surface area contributed by atoms with E-state index in [-0.39, 0.29) is 11.9 Å². The molecule has 0 fully saturated rings. The molecule has 0 aliphatic heterocycles. The molecule has 6 heteroatoms. The quantitative estimate of drug-likeness (QED) is 0.505. The summed E-state index contributed by atoms with van der Waals surface area (Å²) in [4.78, 5) is 23.6. The second-order valence-corrected chi connectivity index (χ2v) is 4.59. The Morgan fingerprint density at radius 3 is 2.83 bits per heavy atom. The van der Waals surface area contributed by atoms with Crippen molar-refractivity contribution in [1.29, 1.82) is 0 Å². The van der Waals surface area contributed by atoms with Crippen molar-refractivity contribution in [2.45, 2.75) is 20.8 Å². The number of hydrogen-bond donors (Lipinski definition) is 1. The van der Waals surface area contributed by atoms with E-state index in [2.05, 4.69) is 10.5 Å². The molecule has 0 saturated carbocycles. The first-order valence-corrected chi connectivity index (χ1v) is 6.48. The third kappa shape index (κ3) is 3.96. The topological polar surface area (TPSA) is 67.8 Å². The van der Waals surface area contributed by atoms with Gasteiger partial charge in [0.15, 0.2) is 0 Å². The van der Waals surface area contributed by atoms with Gasteiger partial charge in [0.2, 0.25) is 0 Å². The van der Waals surface area contributed by atoms with Crippen molar-refractivity contribution in [3.63, 3.8) is 0 Å². The zero-order valence-electron chi connectivity index (χ0n) is 10.6. The fourth-order valence-electron chi connectivity index (χ4n) is 1.14. The summed E-state index contributed by atoms with van der Waals surface area (Å²) >= 11 is 1.33. The lowest BCUT2D eigenvalue weighted by Gasteiger charge is -2.09. The van der Waals surface area contributed by atoms with Crippen molar-refractivity contribution in [3.05, 3.63) is 22.4 Å². The van der Waals surface area contributed by atoms with Crippen LogP contribution in [0.3, 0.4) is 0 Å². The van der Waals surface area contributed by atoms with E-state index in [1.807, 2.05) is 5.38 Å². The molecule has 1 rings (SSSR count). The molecule has 18 heavy (non-hydrogen) atoms. The van der Waals surface area contributed by atoms with Gasteiger partial charge in [0.25, 0.3) is 5.91 Å². The Kier molecular flexibility index (Phi) is 5.51. The average Bonchev–Trinajstić information content (AvgIpc) is 2.88. The molecule has 98 valence electrons. The smallest absolute Gasteiger partial charge is 0.314 e.